The van der Waals surface area contributed by atoms with E-state index in [-0.39, 0.29) is 11.9 Å². The number of piperazine rings is 1. The Labute approximate surface area is 138 Å². The molecule has 1 aromatic rings. The number of nitrogens with zero attached hydrogens (tertiary/aromatic N) is 3. The molecule has 1 amide bonds. The number of hydrogen-bond acceptors (Lipinski definition) is 4. The summed E-state index contributed by atoms with van der Waals surface area (Å²) >= 11 is 0. The predicted octanol–water partition coefficient (Wildman–Crippen LogP) is 1.06. The van der Waals surface area contributed by atoms with Crippen molar-refractivity contribution in [2.45, 2.75) is 44.7 Å². The van der Waals surface area contributed by atoms with Gasteiger partial charge in [0.05, 0.1) is 12.6 Å². The Morgan fingerprint density at radius 3 is 2.87 bits per heavy atom. The lowest BCUT2D eigenvalue weighted by Gasteiger charge is -2.35. The standard InChI is InChI=1S/C17H29N5O/c1-13-3-5-14(6-4-13)20-16(23)12-22-10-7-18-11-15(22)17-19-8-9-21(17)2/h8-9,13-15,18H,3-7,10-12H2,1-2H3,(H,20,23). The minimum atomic E-state index is 0.158. The number of carbonyl (C=O) groups excluding carboxylic acids is 1. The van der Waals surface area contributed by atoms with Gasteiger partial charge in [0.2, 0.25) is 5.91 Å². The van der Waals surface area contributed by atoms with E-state index in [2.05, 4.69) is 27.4 Å². The first-order valence-corrected chi connectivity index (χ1v) is 8.85. The van der Waals surface area contributed by atoms with Crippen LogP contribution in [0.1, 0.15) is 44.5 Å². The van der Waals surface area contributed by atoms with Crippen LogP contribution < -0.4 is 10.6 Å². The molecule has 3 rings (SSSR count). The van der Waals surface area contributed by atoms with E-state index in [9.17, 15) is 4.79 Å². The molecule has 0 aromatic carbocycles. The maximum atomic E-state index is 12.5. The molecule has 0 spiro atoms. The van der Waals surface area contributed by atoms with Gasteiger partial charge in [0.15, 0.2) is 0 Å². The van der Waals surface area contributed by atoms with Crippen LogP contribution in [0.25, 0.3) is 0 Å². The van der Waals surface area contributed by atoms with Gasteiger partial charge >= 0.3 is 0 Å². The van der Waals surface area contributed by atoms with E-state index in [4.69, 9.17) is 0 Å². The van der Waals surface area contributed by atoms with Crippen molar-refractivity contribution >= 4 is 5.91 Å². The smallest absolute Gasteiger partial charge is 0.234 e. The van der Waals surface area contributed by atoms with Gasteiger partial charge in [-0.15, -0.1) is 0 Å². The lowest BCUT2D eigenvalue weighted by atomic mass is 9.87. The monoisotopic (exact) mass is 319 g/mol. The number of hydrogen-bond donors (Lipinski definition) is 2. The summed E-state index contributed by atoms with van der Waals surface area (Å²) in [6, 6.07) is 0.536. The van der Waals surface area contributed by atoms with Crippen LogP contribution in [-0.4, -0.2) is 52.6 Å². The van der Waals surface area contributed by atoms with Crippen molar-refractivity contribution in [3.8, 4) is 0 Å². The average Bonchev–Trinajstić information content (AvgIpc) is 2.96. The molecule has 1 aromatic heterocycles. The molecule has 1 saturated carbocycles. The third kappa shape index (κ3) is 4.12. The molecule has 2 heterocycles. The molecular weight excluding hydrogens is 290 g/mol. The van der Waals surface area contributed by atoms with Gasteiger partial charge in [-0.3, -0.25) is 9.69 Å². The zero-order chi connectivity index (χ0) is 16.2. The Morgan fingerprint density at radius 1 is 1.39 bits per heavy atom. The van der Waals surface area contributed by atoms with Gasteiger partial charge in [0.1, 0.15) is 5.82 Å². The van der Waals surface area contributed by atoms with Crippen molar-refractivity contribution in [2.24, 2.45) is 13.0 Å². The predicted molar refractivity (Wildman–Crippen MR) is 90.0 cm³/mol. The molecule has 1 saturated heterocycles. The molecule has 2 aliphatic rings. The quantitative estimate of drug-likeness (QED) is 0.871. The highest BCUT2D eigenvalue weighted by molar-refractivity contribution is 5.78. The first-order valence-electron chi connectivity index (χ1n) is 8.85. The van der Waals surface area contributed by atoms with Gasteiger partial charge in [-0.2, -0.15) is 0 Å². The molecule has 128 valence electrons. The van der Waals surface area contributed by atoms with Gasteiger partial charge < -0.3 is 15.2 Å². The molecular formula is C17H29N5O. The highest BCUT2D eigenvalue weighted by Gasteiger charge is 2.29. The summed E-state index contributed by atoms with van der Waals surface area (Å²) in [6.45, 7) is 5.42. The van der Waals surface area contributed by atoms with Crippen LogP contribution in [0.2, 0.25) is 0 Å². The van der Waals surface area contributed by atoms with Crippen molar-refractivity contribution < 1.29 is 4.79 Å². The molecule has 0 bridgehead atoms. The van der Waals surface area contributed by atoms with Crippen LogP contribution in [0.3, 0.4) is 0 Å². The Morgan fingerprint density at radius 2 is 2.17 bits per heavy atom. The molecule has 6 nitrogen and oxygen atoms in total. The van der Waals surface area contributed by atoms with E-state index >= 15 is 0 Å². The summed E-state index contributed by atoms with van der Waals surface area (Å²) in [5.74, 6) is 1.99. The molecule has 1 atom stereocenters. The second-order valence-corrected chi connectivity index (χ2v) is 7.11. The number of rotatable bonds is 4. The number of carbonyl (C=O) groups is 1. The number of imidazole rings is 1. The lowest BCUT2D eigenvalue weighted by molar-refractivity contribution is -0.124. The van der Waals surface area contributed by atoms with Crippen molar-refractivity contribution in [1.82, 2.24) is 25.1 Å². The third-order valence-corrected chi connectivity index (χ3v) is 5.24. The molecule has 0 radical (unpaired) electrons. The van der Waals surface area contributed by atoms with Crippen molar-refractivity contribution in [1.29, 1.82) is 0 Å². The Hall–Kier alpha value is -1.40. The first-order chi connectivity index (χ1) is 11.1. The van der Waals surface area contributed by atoms with Crippen molar-refractivity contribution in [3.05, 3.63) is 18.2 Å². The van der Waals surface area contributed by atoms with Crippen LogP contribution in [0.15, 0.2) is 12.4 Å². The number of amides is 1. The Kier molecular flexibility index (Phi) is 5.33. The van der Waals surface area contributed by atoms with Crippen LogP contribution in [0, 0.1) is 5.92 Å². The van der Waals surface area contributed by atoms with E-state index in [1.807, 2.05) is 24.0 Å². The zero-order valence-corrected chi connectivity index (χ0v) is 14.3. The van der Waals surface area contributed by atoms with E-state index < -0.39 is 0 Å². The highest BCUT2D eigenvalue weighted by Crippen LogP contribution is 2.24. The van der Waals surface area contributed by atoms with Crippen LogP contribution >= 0.6 is 0 Å². The zero-order valence-electron chi connectivity index (χ0n) is 14.3. The minimum absolute atomic E-state index is 0.158. The van der Waals surface area contributed by atoms with E-state index in [1.165, 1.54) is 12.8 Å². The van der Waals surface area contributed by atoms with Gasteiger partial charge in [-0.25, -0.2) is 4.98 Å². The molecule has 6 heteroatoms. The number of aryl methyl sites for hydroxylation is 1. The van der Waals surface area contributed by atoms with E-state index in [0.29, 0.717) is 12.6 Å². The molecule has 23 heavy (non-hydrogen) atoms. The fourth-order valence-corrected chi connectivity index (χ4v) is 3.75. The molecule has 2 N–H and O–H groups in total. The summed E-state index contributed by atoms with van der Waals surface area (Å²) < 4.78 is 2.05. The molecule has 1 aliphatic heterocycles. The summed E-state index contributed by atoms with van der Waals surface area (Å²) in [5.41, 5.74) is 0. The molecule has 2 fully saturated rings. The second-order valence-electron chi connectivity index (χ2n) is 7.11. The topological polar surface area (TPSA) is 62.2 Å². The largest absolute Gasteiger partial charge is 0.352 e. The van der Waals surface area contributed by atoms with Gasteiger partial charge in [0, 0.05) is 45.1 Å². The third-order valence-electron chi connectivity index (χ3n) is 5.24. The molecule has 1 unspecified atom stereocenters. The van der Waals surface area contributed by atoms with E-state index in [0.717, 1.165) is 44.2 Å². The maximum absolute atomic E-state index is 12.5. The van der Waals surface area contributed by atoms with Crippen LogP contribution in [0.5, 0.6) is 0 Å². The first kappa shape index (κ1) is 16.5. The fraction of sp³-hybridized carbons (Fsp3) is 0.765. The fourth-order valence-electron chi connectivity index (χ4n) is 3.75. The summed E-state index contributed by atoms with van der Waals surface area (Å²) in [4.78, 5) is 19.2. The second kappa shape index (κ2) is 7.45. The maximum Gasteiger partial charge on any atom is 0.234 e. The Balaban J connectivity index is 1.56. The number of aromatic nitrogens is 2. The highest BCUT2D eigenvalue weighted by atomic mass is 16.2. The van der Waals surface area contributed by atoms with Gasteiger partial charge in [-0.1, -0.05) is 6.92 Å². The Bertz CT molecular complexity index is 521. The lowest BCUT2D eigenvalue weighted by Crippen LogP contribution is -2.51. The molecule has 1 aliphatic carbocycles. The SMILES string of the molecule is CC1CCC(NC(=O)CN2CCNCC2c2nccn2C)CC1. The van der Waals surface area contributed by atoms with Gasteiger partial charge in [0.25, 0.3) is 0 Å². The van der Waals surface area contributed by atoms with Gasteiger partial charge in [-0.05, 0) is 31.6 Å². The normalized spacial score (nSPS) is 29.4. The van der Waals surface area contributed by atoms with Crippen molar-refractivity contribution in [3.63, 3.8) is 0 Å². The van der Waals surface area contributed by atoms with E-state index in [1.54, 1.807) is 0 Å². The van der Waals surface area contributed by atoms with Crippen LogP contribution in [-0.2, 0) is 11.8 Å². The van der Waals surface area contributed by atoms with Crippen molar-refractivity contribution in [2.75, 3.05) is 26.2 Å². The summed E-state index contributed by atoms with van der Waals surface area (Å²) in [6.07, 6.45) is 8.49. The summed E-state index contributed by atoms with van der Waals surface area (Å²) in [5, 5.41) is 6.65. The number of nitrogens with one attached hydrogen (secondary N) is 2. The van der Waals surface area contributed by atoms with Crippen LogP contribution in [0.4, 0.5) is 0 Å². The average molecular weight is 319 g/mol. The minimum Gasteiger partial charge on any atom is -0.352 e. The summed E-state index contributed by atoms with van der Waals surface area (Å²) in [7, 11) is 2.01.